The van der Waals surface area contributed by atoms with E-state index in [4.69, 9.17) is 13.7 Å². The highest BCUT2D eigenvalue weighted by atomic mass is 32.2. The molecule has 8 heteroatoms. The van der Waals surface area contributed by atoms with Crippen LogP contribution in [0.25, 0.3) is 0 Å². The number of ether oxygens (including phenoxy) is 2. The standard InChI is InChI=1S/C16H22O7S/c1-7(2)14(17)22-16(4,5)15(18)21-12-9-6-10-11(8(9)3)13(12)23-24(10,19)20/h8-13H,1,6H2,2-5H3/t8-,9?,10?,11?,12?,13?/m0/s1. The van der Waals surface area contributed by atoms with Gasteiger partial charge in [-0.2, -0.15) is 8.42 Å². The van der Waals surface area contributed by atoms with Crippen LogP contribution in [0.15, 0.2) is 12.2 Å². The quantitative estimate of drug-likeness (QED) is 0.423. The molecule has 0 aromatic rings. The van der Waals surface area contributed by atoms with Crippen molar-refractivity contribution >= 4 is 22.1 Å². The number of carbonyl (C=O) groups excluding carboxylic acids is 2. The van der Waals surface area contributed by atoms with Gasteiger partial charge in [0.2, 0.25) is 5.60 Å². The molecule has 2 aliphatic carbocycles. The van der Waals surface area contributed by atoms with Crippen LogP contribution >= 0.6 is 0 Å². The lowest BCUT2D eigenvalue weighted by Crippen LogP contribution is -2.45. The summed E-state index contributed by atoms with van der Waals surface area (Å²) in [5, 5.41) is -0.494. The Labute approximate surface area is 141 Å². The van der Waals surface area contributed by atoms with E-state index in [1.165, 1.54) is 20.8 Å². The summed E-state index contributed by atoms with van der Waals surface area (Å²) in [6.45, 7) is 9.79. The first-order valence-electron chi connectivity index (χ1n) is 7.98. The smallest absolute Gasteiger partial charge is 0.350 e. The highest BCUT2D eigenvalue weighted by molar-refractivity contribution is 7.87. The van der Waals surface area contributed by atoms with Gasteiger partial charge < -0.3 is 9.47 Å². The van der Waals surface area contributed by atoms with Crippen molar-refractivity contribution in [3.63, 3.8) is 0 Å². The molecule has 1 heterocycles. The Kier molecular flexibility index (Phi) is 3.84. The Morgan fingerprint density at radius 3 is 2.50 bits per heavy atom. The summed E-state index contributed by atoms with van der Waals surface area (Å²) in [5.74, 6) is -1.49. The Balaban J connectivity index is 1.74. The molecule has 6 atom stereocenters. The van der Waals surface area contributed by atoms with E-state index >= 15 is 0 Å². The van der Waals surface area contributed by atoms with Crippen LogP contribution in [0.1, 0.15) is 34.1 Å². The SMILES string of the molecule is C=C(C)C(=O)OC(C)(C)C(=O)OC1C2OS(=O)(=O)C3CC1[C@H](C)C23. The van der Waals surface area contributed by atoms with Gasteiger partial charge >= 0.3 is 11.9 Å². The van der Waals surface area contributed by atoms with E-state index in [0.29, 0.717) is 6.42 Å². The van der Waals surface area contributed by atoms with Crippen LogP contribution in [0.2, 0.25) is 0 Å². The second kappa shape index (κ2) is 5.29. The zero-order valence-electron chi connectivity index (χ0n) is 14.1. The summed E-state index contributed by atoms with van der Waals surface area (Å²) in [7, 11) is -3.59. The maximum absolute atomic E-state index is 12.5. The van der Waals surface area contributed by atoms with Gasteiger partial charge in [-0.15, -0.1) is 0 Å². The molecule has 0 spiro atoms. The van der Waals surface area contributed by atoms with Gasteiger partial charge in [0.05, 0.1) is 5.25 Å². The Morgan fingerprint density at radius 2 is 1.92 bits per heavy atom. The zero-order chi connectivity index (χ0) is 18.0. The lowest BCUT2D eigenvalue weighted by atomic mass is 9.94. The van der Waals surface area contributed by atoms with Crippen LogP contribution < -0.4 is 0 Å². The normalized spacial score (nSPS) is 38.8. The minimum absolute atomic E-state index is 0.0566. The first-order valence-corrected chi connectivity index (χ1v) is 9.45. The predicted octanol–water partition coefficient (Wildman–Crippen LogP) is 1.18. The van der Waals surface area contributed by atoms with Gasteiger partial charge in [0, 0.05) is 17.4 Å². The van der Waals surface area contributed by atoms with E-state index in [9.17, 15) is 18.0 Å². The number of fused-ring (bicyclic) bond motifs is 1. The monoisotopic (exact) mass is 358 g/mol. The van der Waals surface area contributed by atoms with E-state index in [1.807, 2.05) is 6.92 Å². The van der Waals surface area contributed by atoms with Crippen molar-refractivity contribution in [2.75, 3.05) is 0 Å². The number of hydrogen-bond donors (Lipinski definition) is 0. The summed E-state index contributed by atoms with van der Waals surface area (Å²) >= 11 is 0. The number of rotatable bonds is 4. The van der Waals surface area contributed by atoms with Gasteiger partial charge in [-0.3, -0.25) is 4.18 Å². The summed E-state index contributed by atoms with van der Waals surface area (Å²) in [6.07, 6.45) is -0.826. The third-order valence-corrected chi connectivity index (χ3v) is 7.13. The fraction of sp³-hybridized carbons (Fsp3) is 0.750. The van der Waals surface area contributed by atoms with Crippen molar-refractivity contribution < 1.29 is 31.7 Å². The lowest BCUT2D eigenvalue weighted by molar-refractivity contribution is -0.184. The molecule has 1 aliphatic heterocycles. The van der Waals surface area contributed by atoms with Crippen molar-refractivity contribution in [1.29, 1.82) is 0 Å². The highest BCUT2D eigenvalue weighted by Crippen LogP contribution is 2.58. The maximum atomic E-state index is 12.5. The average molecular weight is 358 g/mol. The molecule has 5 unspecified atom stereocenters. The maximum Gasteiger partial charge on any atom is 0.350 e. The summed E-state index contributed by atoms with van der Waals surface area (Å²) in [5.41, 5.74) is -1.31. The zero-order valence-corrected chi connectivity index (χ0v) is 15.0. The summed E-state index contributed by atoms with van der Waals surface area (Å²) in [4.78, 5) is 24.1. The Bertz CT molecular complexity index is 708. The second-order valence-corrected chi connectivity index (χ2v) is 9.26. The van der Waals surface area contributed by atoms with E-state index in [2.05, 4.69) is 6.58 Å². The Morgan fingerprint density at radius 1 is 1.29 bits per heavy atom. The minimum atomic E-state index is -3.59. The largest absolute Gasteiger partial charge is 0.456 e. The summed E-state index contributed by atoms with van der Waals surface area (Å²) in [6, 6.07) is 0. The minimum Gasteiger partial charge on any atom is -0.456 e. The van der Waals surface area contributed by atoms with Gasteiger partial charge in [-0.1, -0.05) is 13.5 Å². The van der Waals surface area contributed by atoms with Crippen LogP contribution in [0.5, 0.6) is 0 Å². The third-order valence-electron chi connectivity index (χ3n) is 5.39. The van der Waals surface area contributed by atoms with Crippen molar-refractivity contribution in [2.45, 2.75) is 57.2 Å². The fourth-order valence-electron chi connectivity index (χ4n) is 4.11. The molecular weight excluding hydrogens is 336 g/mol. The van der Waals surface area contributed by atoms with Crippen molar-refractivity contribution in [3.8, 4) is 0 Å². The van der Waals surface area contributed by atoms with Gasteiger partial charge in [-0.05, 0) is 33.1 Å². The van der Waals surface area contributed by atoms with Gasteiger partial charge in [0.1, 0.15) is 12.2 Å². The topological polar surface area (TPSA) is 96.0 Å². The van der Waals surface area contributed by atoms with Crippen LogP contribution in [0.3, 0.4) is 0 Å². The van der Waals surface area contributed by atoms with E-state index < -0.39 is 45.1 Å². The van der Waals surface area contributed by atoms with E-state index in [0.717, 1.165) is 0 Å². The van der Waals surface area contributed by atoms with Crippen molar-refractivity contribution in [3.05, 3.63) is 12.2 Å². The fourth-order valence-corrected chi connectivity index (χ4v) is 6.04. The molecular formula is C16H22O7S. The Hall–Kier alpha value is -1.41. The highest BCUT2D eigenvalue weighted by Gasteiger charge is 2.69. The number of esters is 2. The van der Waals surface area contributed by atoms with Crippen LogP contribution in [0, 0.1) is 17.8 Å². The summed E-state index contributed by atoms with van der Waals surface area (Å²) < 4.78 is 40.0. The van der Waals surface area contributed by atoms with Gasteiger partial charge in [0.15, 0.2) is 0 Å². The molecule has 2 bridgehead atoms. The molecule has 0 aromatic heterocycles. The van der Waals surface area contributed by atoms with Gasteiger partial charge in [-0.25, -0.2) is 9.59 Å². The van der Waals surface area contributed by atoms with Crippen LogP contribution in [0.4, 0.5) is 0 Å². The third kappa shape index (κ3) is 2.47. The lowest BCUT2D eigenvalue weighted by Gasteiger charge is -2.29. The number of carbonyl (C=O) groups is 2. The first-order chi connectivity index (χ1) is 11.0. The molecule has 7 nitrogen and oxygen atoms in total. The molecule has 3 fully saturated rings. The van der Waals surface area contributed by atoms with Crippen LogP contribution in [-0.2, 0) is 33.4 Å². The molecule has 24 heavy (non-hydrogen) atoms. The second-order valence-electron chi connectivity index (χ2n) is 7.48. The molecule has 134 valence electrons. The van der Waals surface area contributed by atoms with E-state index in [1.54, 1.807) is 0 Å². The molecule has 3 rings (SSSR count). The molecule has 2 saturated carbocycles. The molecule has 1 saturated heterocycles. The first kappa shape index (κ1) is 17.4. The molecule has 0 amide bonds. The molecule has 0 aromatic carbocycles. The van der Waals surface area contributed by atoms with E-state index in [-0.39, 0.29) is 23.3 Å². The predicted molar refractivity (Wildman–Crippen MR) is 83.2 cm³/mol. The van der Waals surface area contributed by atoms with Crippen molar-refractivity contribution in [2.24, 2.45) is 17.8 Å². The molecule has 0 radical (unpaired) electrons. The van der Waals surface area contributed by atoms with Crippen molar-refractivity contribution in [1.82, 2.24) is 0 Å². The molecule has 3 aliphatic rings. The van der Waals surface area contributed by atoms with Gasteiger partial charge in [0.25, 0.3) is 10.1 Å². The molecule has 0 N–H and O–H groups in total. The average Bonchev–Trinajstić information content (AvgIpc) is 2.97. The van der Waals surface area contributed by atoms with Crippen LogP contribution in [-0.4, -0.2) is 43.4 Å². The number of hydrogen-bond acceptors (Lipinski definition) is 7.